The van der Waals surface area contributed by atoms with E-state index in [1.54, 1.807) is 4.90 Å². The predicted octanol–water partition coefficient (Wildman–Crippen LogP) is 0.325. The van der Waals surface area contributed by atoms with Crippen LogP contribution in [-0.2, 0) is 4.79 Å². The maximum atomic E-state index is 12.4. The van der Waals surface area contributed by atoms with E-state index in [4.69, 9.17) is 17.2 Å². The van der Waals surface area contributed by atoms with Crippen molar-refractivity contribution in [3.05, 3.63) is 41.3 Å². The van der Waals surface area contributed by atoms with Gasteiger partial charge in [-0.05, 0) is 62.4 Å². The molecule has 8 N–H and O–H groups in total. The summed E-state index contributed by atoms with van der Waals surface area (Å²) in [6.45, 7) is 4.77. The number of piperidine rings is 2. The van der Waals surface area contributed by atoms with Crippen LogP contribution in [0, 0.1) is 0 Å². The summed E-state index contributed by atoms with van der Waals surface area (Å²) < 4.78 is 0. The van der Waals surface area contributed by atoms with Gasteiger partial charge < -0.3 is 42.5 Å². The molecule has 11 nitrogen and oxygen atoms in total. The Labute approximate surface area is 206 Å². The average Bonchev–Trinajstić information content (AvgIpc) is 3.22. The van der Waals surface area contributed by atoms with Crippen molar-refractivity contribution in [3.8, 4) is 0 Å². The number of carbonyl (C=O) groups is 2. The van der Waals surface area contributed by atoms with Gasteiger partial charge >= 0.3 is 6.03 Å². The van der Waals surface area contributed by atoms with Gasteiger partial charge in [0.2, 0.25) is 0 Å². The van der Waals surface area contributed by atoms with Crippen LogP contribution in [0.1, 0.15) is 37.2 Å². The number of hydrogen-bond acceptors (Lipinski definition) is 6. The number of likely N-dealkylation sites (N-methyl/N-ethyl adjacent to an activating group) is 1. The average molecular weight is 484 g/mol. The molecule has 3 amide bonds. The lowest BCUT2D eigenvalue weighted by Crippen LogP contribution is -2.52. The largest absolute Gasteiger partial charge is 0.391 e. The minimum Gasteiger partial charge on any atom is -0.391 e. The van der Waals surface area contributed by atoms with Crippen LogP contribution in [0.5, 0.6) is 0 Å². The third kappa shape index (κ3) is 5.79. The second-order valence-electron chi connectivity index (χ2n) is 9.51. The summed E-state index contributed by atoms with van der Waals surface area (Å²) in [6.07, 6.45) is 4.02. The highest BCUT2D eigenvalue weighted by Gasteiger charge is 2.34. The Morgan fingerprint density at radius 2 is 1.77 bits per heavy atom. The number of urea groups is 1. The molecule has 3 aliphatic rings. The van der Waals surface area contributed by atoms with E-state index in [0.29, 0.717) is 25.6 Å². The summed E-state index contributed by atoms with van der Waals surface area (Å²) in [5.74, 6) is 0.105. The number of nitrogens with one attached hydrogen (secondary N) is 2. The van der Waals surface area contributed by atoms with Gasteiger partial charge in [-0.1, -0.05) is 12.1 Å². The number of nitrogens with two attached hydrogens (primary N) is 3. The lowest BCUT2D eigenvalue weighted by molar-refractivity contribution is -0.114. The first-order valence-electron chi connectivity index (χ1n) is 12.3. The third-order valence-corrected chi connectivity index (χ3v) is 7.14. The number of amides is 3. The number of carbonyl (C=O) groups excluding carboxylic acids is 2. The number of hydrogen-bond donors (Lipinski definition) is 5. The Bertz CT molecular complexity index is 985. The minimum absolute atomic E-state index is 0.0421. The molecule has 4 rings (SSSR count). The van der Waals surface area contributed by atoms with Crippen LogP contribution in [0.4, 0.5) is 10.5 Å². The molecule has 3 aliphatic heterocycles. The molecule has 0 saturated carbocycles. The van der Waals surface area contributed by atoms with Gasteiger partial charge in [-0.25, -0.2) is 4.79 Å². The van der Waals surface area contributed by atoms with Crippen LogP contribution >= 0.6 is 0 Å². The van der Waals surface area contributed by atoms with Crippen LogP contribution in [0.2, 0.25) is 0 Å². The van der Waals surface area contributed by atoms with Gasteiger partial charge in [-0.3, -0.25) is 4.79 Å². The van der Waals surface area contributed by atoms with E-state index in [1.165, 1.54) is 5.56 Å². The molecule has 3 saturated heterocycles. The van der Waals surface area contributed by atoms with Gasteiger partial charge in [0.25, 0.3) is 5.91 Å². The lowest BCUT2D eigenvalue weighted by atomic mass is 9.90. The van der Waals surface area contributed by atoms with E-state index in [0.717, 1.165) is 51.0 Å². The molecule has 0 spiro atoms. The number of likely N-dealkylation sites (tertiary alicyclic amines) is 1. The van der Waals surface area contributed by atoms with Gasteiger partial charge in [0.05, 0.1) is 6.04 Å². The van der Waals surface area contributed by atoms with Crippen LogP contribution in [-0.4, -0.2) is 85.0 Å². The SMILES string of the molecule is CN1CCN(C2CCCN(C(N)=N/C(Nc3ccc(C4CCNCC4)cc3)=C(\N)C(N)=O)C2)C1=O. The highest BCUT2D eigenvalue weighted by molar-refractivity contribution is 5.93. The molecule has 3 heterocycles. The van der Waals surface area contributed by atoms with Crippen LogP contribution in [0.15, 0.2) is 40.8 Å². The van der Waals surface area contributed by atoms with E-state index in [-0.39, 0.29) is 29.6 Å². The smallest absolute Gasteiger partial charge is 0.320 e. The maximum absolute atomic E-state index is 12.4. The number of benzene rings is 1. The maximum Gasteiger partial charge on any atom is 0.320 e. The van der Waals surface area contributed by atoms with Crippen molar-refractivity contribution in [2.24, 2.45) is 22.2 Å². The van der Waals surface area contributed by atoms with E-state index in [2.05, 4.69) is 27.8 Å². The van der Waals surface area contributed by atoms with E-state index in [1.807, 2.05) is 29.0 Å². The first-order chi connectivity index (χ1) is 16.8. The highest BCUT2D eigenvalue weighted by atomic mass is 16.2. The van der Waals surface area contributed by atoms with Gasteiger partial charge in [0.1, 0.15) is 5.70 Å². The summed E-state index contributed by atoms with van der Waals surface area (Å²) in [5.41, 5.74) is 19.6. The molecule has 1 unspecified atom stereocenters. The number of anilines is 1. The zero-order chi connectivity index (χ0) is 24.9. The van der Waals surface area contributed by atoms with Crippen molar-refractivity contribution in [1.82, 2.24) is 20.0 Å². The molecule has 11 heteroatoms. The second-order valence-corrected chi connectivity index (χ2v) is 9.51. The molecule has 0 aliphatic carbocycles. The van der Waals surface area contributed by atoms with Gasteiger partial charge in [0, 0.05) is 38.9 Å². The van der Waals surface area contributed by atoms with Crippen molar-refractivity contribution in [2.75, 3.05) is 51.6 Å². The van der Waals surface area contributed by atoms with Crippen LogP contribution in [0.25, 0.3) is 0 Å². The molecular weight excluding hydrogens is 446 g/mol. The first-order valence-corrected chi connectivity index (χ1v) is 12.3. The van der Waals surface area contributed by atoms with E-state index < -0.39 is 5.91 Å². The topological polar surface area (TPSA) is 158 Å². The Morgan fingerprint density at radius 1 is 1.06 bits per heavy atom. The summed E-state index contributed by atoms with van der Waals surface area (Å²) in [5, 5.41) is 6.50. The molecule has 35 heavy (non-hydrogen) atoms. The molecule has 1 atom stereocenters. The molecule has 0 bridgehead atoms. The zero-order valence-electron chi connectivity index (χ0n) is 20.4. The summed E-state index contributed by atoms with van der Waals surface area (Å²) in [6, 6.07) is 8.17. The molecular formula is C24H37N9O2. The minimum atomic E-state index is -0.780. The molecule has 0 radical (unpaired) electrons. The molecule has 190 valence electrons. The summed E-state index contributed by atoms with van der Waals surface area (Å²) in [7, 11) is 1.81. The van der Waals surface area contributed by atoms with Gasteiger partial charge in [-0.2, -0.15) is 4.99 Å². The molecule has 0 aromatic heterocycles. The first kappa shape index (κ1) is 24.6. The van der Waals surface area contributed by atoms with Crippen LogP contribution in [0.3, 0.4) is 0 Å². The monoisotopic (exact) mass is 483 g/mol. The van der Waals surface area contributed by atoms with Crippen molar-refractivity contribution in [1.29, 1.82) is 0 Å². The Kier molecular flexibility index (Phi) is 7.64. The fourth-order valence-electron chi connectivity index (χ4n) is 5.01. The predicted molar refractivity (Wildman–Crippen MR) is 136 cm³/mol. The number of nitrogens with zero attached hydrogens (tertiary/aromatic N) is 4. The molecule has 3 fully saturated rings. The van der Waals surface area contributed by atoms with Crippen molar-refractivity contribution in [2.45, 2.75) is 37.6 Å². The number of aliphatic imine (C=N–C) groups is 1. The second kappa shape index (κ2) is 10.9. The van der Waals surface area contributed by atoms with Gasteiger partial charge in [-0.15, -0.1) is 0 Å². The molecule has 1 aromatic carbocycles. The fourth-order valence-corrected chi connectivity index (χ4v) is 5.01. The van der Waals surface area contributed by atoms with E-state index in [9.17, 15) is 9.59 Å². The fraction of sp³-hybridized carbons (Fsp3) is 0.542. The van der Waals surface area contributed by atoms with E-state index >= 15 is 0 Å². The molecule has 1 aromatic rings. The van der Waals surface area contributed by atoms with Gasteiger partial charge in [0.15, 0.2) is 11.8 Å². The zero-order valence-corrected chi connectivity index (χ0v) is 20.4. The normalized spacial score (nSPS) is 22.9. The van der Waals surface area contributed by atoms with Crippen molar-refractivity contribution in [3.63, 3.8) is 0 Å². The third-order valence-electron chi connectivity index (χ3n) is 7.14. The summed E-state index contributed by atoms with van der Waals surface area (Å²) >= 11 is 0. The Hall–Kier alpha value is -3.47. The van der Waals surface area contributed by atoms with Crippen molar-refractivity contribution < 1.29 is 9.59 Å². The Morgan fingerprint density at radius 3 is 2.40 bits per heavy atom. The standard InChI is InChI=1S/C24H37N9O2/c1-31-13-14-33(24(31)35)19-3-2-12-32(15-19)23(27)30-22(20(25)21(26)34)29-18-6-4-16(5-7-18)17-8-10-28-11-9-17/h4-7,17,19,28-29H,2-3,8-15,25H2,1H3,(H2,26,34)(H2,27,30)/b22-20-. The lowest BCUT2D eigenvalue weighted by Gasteiger charge is -2.37. The van der Waals surface area contributed by atoms with Crippen molar-refractivity contribution >= 4 is 23.6 Å². The Balaban J connectivity index is 1.48. The quantitative estimate of drug-likeness (QED) is 0.221. The number of rotatable bonds is 6. The number of primary amides is 1. The highest BCUT2D eigenvalue weighted by Crippen LogP contribution is 2.27. The van der Waals surface area contributed by atoms with Crippen LogP contribution < -0.4 is 27.8 Å². The summed E-state index contributed by atoms with van der Waals surface area (Å²) in [4.78, 5) is 34.3. The number of guanidine groups is 1.